The molecule has 3 N–H and O–H groups in total. The van der Waals surface area contributed by atoms with Gasteiger partial charge in [-0.1, -0.05) is 0 Å². The van der Waals surface area contributed by atoms with Crippen LogP contribution in [-0.2, 0) is 0 Å². The molecule has 3 heteroatoms. The third kappa shape index (κ3) is 3.88. The van der Waals surface area contributed by atoms with Gasteiger partial charge in [0, 0.05) is 6.67 Å². The molecule has 0 saturated heterocycles. The highest BCUT2D eigenvalue weighted by atomic mass is 16.3. The molecule has 0 aliphatic heterocycles. The average molecular weight is 90.1 g/mol. The Kier molecular flexibility index (Phi) is 4.78. The van der Waals surface area contributed by atoms with Crippen LogP contribution in [0.25, 0.3) is 0 Å². The minimum atomic E-state index is 0.0425. The van der Waals surface area contributed by atoms with Crippen LogP contribution in [0.3, 0.4) is 0 Å². The molecule has 0 fully saturated rings. The summed E-state index contributed by atoms with van der Waals surface area (Å²) in [7, 11) is 1.81. The number of nitrogens with one attached hydrogen (secondary N) is 2. The Balaban J connectivity index is 2.34. The van der Waals surface area contributed by atoms with Crippen molar-refractivity contribution >= 4 is 0 Å². The van der Waals surface area contributed by atoms with E-state index in [0.29, 0.717) is 6.67 Å². The van der Waals surface area contributed by atoms with Crippen LogP contribution in [-0.4, -0.2) is 25.6 Å². The van der Waals surface area contributed by atoms with Gasteiger partial charge in [0.15, 0.2) is 0 Å². The second-order valence-electron chi connectivity index (χ2n) is 0.938. The number of aliphatic hydroxyl groups is 1. The zero-order valence-electron chi connectivity index (χ0n) is 3.86. The summed E-state index contributed by atoms with van der Waals surface area (Å²) in [5.74, 6) is 0. The van der Waals surface area contributed by atoms with E-state index in [-0.39, 0.29) is 6.73 Å². The average Bonchev–Trinajstić information content (AvgIpc) is 1.61. The lowest BCUT2D eigenvalue weighted by atomic mass is 11.0. The molecule has 6 heavy (non-hydrogen) atoms. The summed E-state index contributed by atoms with van der Waals surface area (Å²) in [4.78, 5) is 0. The van der Waals surface area contributed by atoms with Gasteiger partial charge in [-0.05, 0) is 7.05 Å². The molecule has 0 aliphatic rings. The molecule has 0 aromatic heterocycles. The van der Waals surface area contributed by atoms with Crippen LogP contribution in [0.5, 0.6) is 0 Å². The van der Waals surface area contributed by atoms with Gasteiger partial charge in [-0.15, -0.1) is 0 Å². The third-order valence-corrected chi connectivity index (χ3v) is 0.414. The van der Waals surface area contributed by atoms with Gasteiger partial charge in [0.25, 0.3) is 0 Å². The van der Waals surface area contributed by atoms with Crippen molar-refractivity contribution in [1.29, 1.82) is 0 Å². The van der Waals surface area contributed by atoms with Gasteiger partial charge in [-0.3, -0.25) is 5.32 Å². The number of rotatable bonds is 3. The molecule has 0 aromatic rings. The van der Waals surface area contributed by atoms with E-state index >= 15 is 0 Å². The topological polar surface area (TPSA) is 44.3 Å². The summed E-state index contributed by atoms with van der Waals surface area (Å²) in [5.41, 5.74) is 0. The predicted octanol–water partition coefficient (Wildman–Crippen LogP) is -1.30. The van der Waals surface area contributed by atoms with E-state index in [1.165, 1.54) is 0 Å². The molecule has 0 heterocycles. The first-order valence-electron chi connectivity index (χ1n) is 1.88. The fourth-order valence-corrected chi connectivity index (χ4v) is 0.181. The van der Waals surface area contributed by atoms with E-state index in [9.17, 15) is 0 Å². The lowest BCUT2D eigenvalue weighted by Gasteiger charge is -1.93. The molecule has 0 atom stereocenters. The Labute approximate surface area is 37.4 Å². The van der Waals surface area contributed by atoms with E-state index in [1.54, 1.807) is 0 Å². The highest BCUT2D eigenvalue weighted by molar-refractivity contribution is 4.26. The lowest BCUT2D eigenvalue weighted by molar-refractivity contribution is 0.258. The van der Waals surface area contributed by atoms with Crippen LogP contribution < -0.4 is 10.6 Å². The minimum absolute atomic E-state index is 0.0425. The van der Waals surface area contributed by atoms with Crippen molar-refractivity contribution in [2.24, 2.45) is 0 Å². The Morgan fingerprint density at radius 1 is 1.67 bits per heavy atom. The summed E-state index contributed by atoms with van der Waals surface area (Å²) >= 11 is 0. The molecule has 0 aromatic carbocycles. The van der Waals surface area contributed by atoms with Crippen molar-refractivity contribution in [3.8, 4) is 0 Å². The fourth-order valence-electron chi connectivity index (χ4n) is 0.181. The van der Waals surface area contributed by atoms with Crippen LogP contribution in [0, 0.1) is 0 Å². The second-order valence-corrected chi connectivity index (χ2v) is 0.938. The molecule has 3 nitrogen and oxygen atoms in total. The first kappa shape index (κ1) is 5.88. The van der Waals surface area contributed by atoms with E-state index in [1.807, 2.05) is 7.05 Å². The van der Waals surface area contributed by atoms with Crippen LogP contribution in [0.1, 0.15) is 0 Å². The van der Waals surface area contributed by atoms with Crippen molar-refractivity contribution in [2.45, 2.75) is 0 Å². The maximum absolute atomic E-state index is 8.05. The SMILES string of the molecule is CNCNCO. The van der Waals surface area contributed by atoms with Gasteiger partial charge in [0.05, 0.1) is 6.73 Å². The zero-order chi connectivity index (χ0) is 4.83. The molecule has 0 amide bonds. The highest BCUT2D eigenvalue weighted by Crippen LogP contribution is 1.39. The third-order valence-electron chi connectivity index (χ3n) is 0.414. The zero-order valence-corrected chi connectivity index (χ0v) is 3.86. The predicted molar refractivity (Wildman–Crippen MR) is 24.1 cm³/mol. The van der Waals surface area contributed by atoms with E-state index in [0.717, 1.165) is 0 Å². The van der Waals surface area contributed by atoms with E-state index in [2.05, 4.69) is 10.6 Å². The minimum Gasteiger partial charge on any atom is -0.381 e. The second kappa shape index (κ2) is 4.88. The Hall–Kier alpha value is -0.120. The summed E-state index contributed by atoms with van der Waals surface area (Å²) in [6.45, 7) is 0.706. The van der Waals surface area contributed by atoms with Crippen molar-refractivity contribution in [3.05, 3.63) is 0 Å². The van der Waals surface area contributed by atoms with Crippen LogP contribution in [0.2, 0.25) is 0 Å². The van der Waals surface area contributed by atoms with Crippen molar-refractivity contribution < 1.29 is 5.11 Å². The Bertz CT molecular complexity index is 20.8. The lowest BCUT2D eigenvalue weighted by Crippen LogP contribution is -2.26. The van der Waals surface area contributed by atoms with Gasteiger partial charge in [0.2, 0.25) is 0 Å². The molecule has 0 radical (unpaired) electrons. The summed E-state index contributed by atoms with van der Waals surface area (Å²) in [6, 6.07) is 0. The maximum atomic E-state index is 8.05. The standard InChI is InChI=1S/C3H10N2O/c1-4-2-5-3-6/h4-6H,2-3H2,1H3. The Morgan fingerprint density at radius 2 is 2.33 bits per heavy atom. The van der Waals surface area contributed by atoms with E-state index < -0.39 is 0 Å². The molecule has 38 valence electrons. The first-order chi connectivity index (χ1) is 2.91. The molecule has 0 spiro atoms. The quantitative estimate of drug-likeness (QED) is 0.298. The van der Waals surface area contributed by atoms with Crippen LogP contribution >= 0.6 is 0 Å². The van der Waals surface area contributed by atoms with Gasteiger partial charge in [0.1, 0.15) is 0 Å². The number of aliphatic hydroxyl groups excluding tert-OH is 1. The van der Waals surface area contributed by atoms with Crippen molar-refractivity contribution in [2.75, 3.05) is 20.4 Å². The number of hydrogen-bond donors (Lipinski definition) is 3. The summed E-state index contributed by atoms with van der Waals surface area (Å²) in [5, 5.41) is 13.5. The molecule has 0 unspecified atom stereocenters. The summed E-state index contributed by atoms with van der Waals surface area (Å²) in [6.07, 6.45) is 0. The number of hydrogen-bond acceptors (Lipinski definition) is 3. The Morgan fingerprint density at radius 3 is 2.50 bits per heavy atom. The monoisotopic (exact) mass is 90.1 g/mol. The van der Waals surface area contributed by atoms with Gasteiger partial charge in [-0.2, -0.15) is 0 Å². The molecule has 0 saturated carbocycles. The smallest absolute Gasteiger partial charge is 0.0941 e. The molecule has 0 aliphatic carbocycles. The van der Waals surface area contributed by atoms with Gasteiger partial charge < -0.3 is 10.4 Å². The molecule has 0 rings (SSSR count). The molecule has 0 bridgehead atoms. The van der Waals surface area contributed by atoms with Gasteiger partial charge in [-0.25, -0.2) is 0 Å². The van der Waals surface area contributed by atoms with Crippen molar-refractivity contribution in [3.63, 3.8) is 0 Å². The molecular weight excluding hydrogens is 80.0 g/mol. The highest BCUT2D eigenvalue weighted by Gasteiger charge is 1.69. The van der Waals surface area contributed by atoms with E-state index in [4.69, 9.17) is 5.11 Å². The van der Waals surface area contributed by atoms with Crippen molar-refractivity contribution in [1.82, 2.24) is 10.6 Å². The fraction of sp³-hybridized carbons (Fsp3) is 1.00. The normalized spacial score (nSPS) is 9.00. The summed E-state index contributed by atoms with van der Waals surface area (Å²) < 4.78 is 0. The maximum Gasteiger partial charge on any atom is 0.0941 e. The first-order valence-corrected chi connectivity index (χ1v) is 1.88. The molecular formula is C3H10N2O. The van der Waals surface area contributed by atoms with Crippen LogP contribution in [0.15, 0.2) is 0 Å². The van der Waals surface area contributed by atoms with Gasteiger partial charge >= 0.3 is 0 Å². The largest absolute Gasteiger partial charge is 0.381 e. The van der Waals surface area contributed by atoms with Crippen LogP contribution in [0.4, 0.5) is 0 Å².